The van der Waals surface area contributed by atoms with E-state index in [2.05, 4.69) is 15.6 Å². The lowest BCUT2D eigenvalue weighted by atomic mass is 10.0. The fraction of sp³-hybridized carbons (Fsp3) is 0.273. The number of nitrogens with one attached hydrogen (secondary N) is 2. The molecule has 0 spiro atoms. The van der Waals surface area contributed by atoms with Gasteiger partial charge in [0.05, 0.1) is 17.5 Å². The van der Waals surface area contributed by atoms with Crippen LogP contribution in [-0.4, -0.2) is 43.4 Å². The van der Waals surface area contributed by atoms with Crippen molar-refractivity contribution < 1.29 is 17.9 Å². The van der Waals surface area contributed by atoms with Crippen molar-refractivity contribution in [2.45, 2.75) is 29.3 Å². The minimum absolute atomic E-state index is 0.0826. The smallest absolute Gasteiger partial charge is 0.234 e. The number of nitrogens with zero attached hydrogens (tertiary/aromatic N) is 1. The average molecular weight is 462 g/mol. The molecule has 0 radical (unpaired) electrons. The van der Waals surface area contributed by atoms with Crippen molar-refractivity contribution in [2.24, 2.45) is 0 Å². The highest BCUT2D eigenvalue weighted by Gasteiger charge is 2.50. The van der Waals surface area contributed by atoms with Crippen LogP contribution < -0.4 is 10.6 Å². The summed E-state index contributed by atoms with van der Waals surface area (Å²) in [6.45, 7) is 2.16. The second-order valence-electron chi connectivity index (χ2n) is 6.85. The topological polar surface area (TPSA) is 97.4 Å². The van der Waals surface area contributed by atoms with Crippen molar-refractivity contribution in [2.75, 3.05) is 13.2 Å². The number of sulfone groups is 1. The number of amides is 1. The van der Waals surface area contributed by atoms with E-state index in [1.54, 1.807) is 49.7 Å². The average Bonchev–Trinajstić information content (AvgIpc) is 2.78. The van der Waals surface area contributed by atoms with Crippen LogP contribution in [0.2, 0.25) is 5.02 Å². The van der Waals surface area contributed by atoms with E-state index in [1.165, 1.54) is 30.3 Å². The molecule has 2 aromatic rings. The van der Waals surface area contributed by atoms with Crippen molar-refractivity contribution in [1.29, 1.82) is 0 Å². The minimum Gasteiger partial charge on any atom is -0.354 e. The number of benzene rings is 1. The van der Waals surface area contributed by atoms with Gasteiger partial charge in [-0.05, 0) is 55.0 Å². The van der Waals surface area contributed by atoms with Crippen LogP contribution >= 0.6 is 11.6 Å². The predicted octanol–water partition coefficient (Wildman–Crippen LogP) is 2.64. The molecular weight excluding hydrogens is 438 g/mol. The molecule has 2 N–H and O–H groups in total. The molecule has 1 heterocycles. The van der Waals surface area contributed by atoms with Crippen molar-refractivity contribution in [1.82, 2.24) is 15.6 Å². The summed E-state index contributed by atoms with van der Waals surface area (Å²) in [5.74, 6) is -0.269. The van der Waals surface area contributed by atoms with Crippen LogP contribution in [0.3, 0.4) is 0 Å². The molecule has 9 heteroatoms. The van der Waals surface area contributed by atoms with Gasteiger partial charge in [0.1, 0.15) is 0 Å². The maximum absolute atomic E-state index is 13.6. The zero-order chi connectivity index (χ0) is 22.3. The first-order valence-electron chi connectivity index (χ1n) is 9.78. The number of ether oxygens (including phenoxy) is 1. The summed E-state index contributed by atoms with van der Waals surface area (Å²) in [6.07, 6.45) is 9.84. The van der Waals surface area contributed by atoms with Gasteiger partial charge in [0, 0.05) is 30.6 Å². The molecule has 0 fully saturated rings. The van der Waals surface area contributed by atoms with E-state index in [0.29, 0.717) is 11.6 Å². The number of carbonyl (C=O) groups is 1. The molecular formula is C22H24ClN3O4S. The number of halogens is 1. The van der Waals surface area contributed by atoms with Gasteiger partial charge in [-0.25, -0.2) is 8.42 Å². The second kappa shape index (κ2) is 10.2. The molecule has 0 saturated heterocycles. The van der Waals surface area contributed by atoms with Gasteiger partial charge in [-0.1, -0.05) is 29.8 Å². The van der Waals surface area contributed by atoms with Gasteiger partial charge in [0.25, 0.3) is 0 Å². The third-order valence-electron chi connectivity index (χ3n) is 4.81. The summed E-state index contributed by atoms with van der Waals surface area (Å²) >= 11 is 5.92. The van der Waals surface area contributed by atoms with Gasteiger partial charge < -0.3 is 10.1 Å². The maximum atomic E-state index is 13.6. The van der Waals surface area contributed by atoms with Gasteiger partial charge in [-0.3, -0.25) is 15.1 Å². The van der Waals surface area contributed by atoms with E-state index in [0.717, 1.165) is 5.56 Å². The first-order chi connectivity index (χ1) is 14.9. The summed E-state index contributed by atoms with van der Waals surface area (Å²) in [5.41, 5.74) is 0.915. The zero-order valence-electron chi connectivity index (χ0n) is 17.0. The lowest BCUT2D eigenvalue weighted by Gasteiger charge is -2.38. The van der Waals surface area contributed by atoms with Crippen molar-refractivity contribution >= 4 is 27.3 Å². The maximum Gasteiger partial charge on any atom is 0.234 e. The molecule has 0 saturated carbocycles. The Morgan fingerprint density at radius 1 is 1.16 bits per heavy atom. The number of hydrogen-bond donors (Lipinski definition) is 2. The number of pyridine rings is 1. The van der Waals surface area contributed by atoms with Crippen molar-refractivity contribution in [3.8, 4) is 0 Å². The Balaban J connectivity index is 1.77. The van der Waals surface area contributed by atoms with Crippen LogP contribution in [-0.2, 0) is 25.9 Å². The Labute approximate surface area is 187 Å². The van der Waals surface area contributed by atoms with Crippen LogP contribution in [0.15, 0.2) is 78.0 Å². The van der Waals surface area contributed by atoms with Gasteiger partial charge in [-0.15, -0.1) is 0 Å². The first-order valence-corrected chi connectivity index (χ1v) is 11.6. The molecule has 3 rings (SSSR count). The van der Waals surface area contributed by atoms with Gasteiger partial charge in [0.15, 0.2) is 0 Å². The summed E-state index contributed by atoms with van der Waals surface area (Å²) < 4.78 is 33.0. The molecule has 1 amide bonds. The molecule has 31 heavy (non-hydrogen) atoms. The van der Waals surface area contributed by atoms with E-state index in [-0.39, 0.29) is 24.0 Å². The fourth-order valence-corrected chi connectivity index (χ4v) is 5.29. The normalized spacial score (nSPS) is 20.5. The van der Waals surface area contributed by atoms with E-state index >= 15 is 0 Å². The van der Waals surface area contributed by atoms with Gasteiger partial charge in [-0.2, -0.15) is 0 Å². The van der Waals surface area contributed by atoms with Gasteiger partial charge in [0.2, 0.25) is 20.7 Å². The van der Waals surface area contributed by atoms with Crippen LogP contribution in [0.25, 0.3) is 0 Å². The number of rotatable bonds is 9. The van der Waals surface area contributed by atoms with Crippen LogP contribution in [0.5, 0.6) is 0 Å². The quantitative estimate of drug-likeness (QED) is 0.595. The molecule has 0 aliphatic heterocycles. The summed E-state index contributed by atoms with van der Waals surface area (Å²) in [5, 5.41) is 6.26. The minimum atomic E-state index is -3.97. The van der Waals surface area contributed by atoms with Crippen molar-refractivity contribution in [3.05, 3.63) is 83.7 Å². The molecule has 2 unspecified atom stereocenters. The highest BCUT2D eigenvalue weighted by Crippen LogP contribution is 2.35. The molecule has 0 bridgehead atoms. The Bertz CT molecular complexity index is 1060. The molecule has 164 valence electrons. The van der Waals surface area contributed by atoms with Crippen LogP contribution in [0.4, 0.5) is 0 Å². The van der Waals surface area contributed by atoms with E-state index in [9.17, 15) is 13.2 Å². The Morgan fingerprint density at radius 3 is 2.55 bits per heavy atom. The molecule has 2 atom stereocenters. The SMILES string of the molecule is CCOC1(S(=O)(=O)c2ccc(Cl)cc2)C=CC=CC1NCC(=O)NCc1ccncc1. The Kier molecular flexibility index (Phi) is 7.61. The van der Waals surface area contributed by atoms with Gasteiger partial charge >= 0.3 is 0 Å². The van der Waals surface area contributed by atoms with E-state index in [4.69, 9.17) is 16.3 Å². The first kappa shape index (κ1) is 23.1. The standard InChI is InChI=1S/C22H24ClN3O4S/c1-2-30-22(31(28,29)19-8-6-18(23)7-9-19)12-4-3-5-20(22)25-16-21(27)26-15-17-10-13-24-14-11-17/h3-14,20,25H,2,15-16H2,1H3,(H,26,27). The number of aromatic nitrogens is 1. The third kappa shape index (κ3) is 5.22. The molecule has 1 aromatic heterocycles. The molecule has 1 aromatic carbocycles. The Hall–Kier alpha value is -2.52. The highest BCUT2D eigenvalue weighted by atomic mass is 35.5. The van der Waals surface area contributed by atoms with Crippen molar-refractivity contribution in [3.63, 3.8) is 0 Å². The number of carbonyl (C=O) groups excluding carboxylic acids is 1. The highest BCUT2D eigenvalue weighted by molar-refractivity contribution is 7.93. The van der Waals surface area contributed by atoms with Crippen LogP contribution in [0.1, 0.15) is 12.5 Å². The monoisotopic (exact) mass is 461 g/mol. The molecule has 1 aliphatic rings. The fourth-order valence-electron chi connectivity index (χ4n) is 3.28. The second-order valence-corrected chi connectivity index (χ2v) is 9.40. The van der Waals surface area contributed by atoms with E-state index < -0.39 is 20.8 Å². The molecule has 7 nitrogen and oxygen atoms in total. The predicted molar refractivity (Wildman–Crippen MR) is 119 cm³/mol. The number of hydrogen-bond acceptors (Lipinski definition) is 6. The van der Waals surface area contributed by atoms with Crippen LogP contribution in [0, 0.1) is 0 Å². The summed E-state index contributed by atoms with van der Waals surface area (Å²) in [7, 11) is -3.97. The largest absolute Gasteiger partial charge is 0.354 e. The lowest BCUT2D eigenvalue weighted by molar-refractivity contribution is -0.120. The lowest BCUT2D eigenvalue weighted by Crippen LogP contribution is -2.57. The summed E-state index contributed by atoms with van der Waals surface area (Å²) in [4.78, 5) is 14.7. The summed E-state index contributed by atoms with van der Waals surface area (Å²) in [6, 6.07) is 8.77. The molecule has 1 aliphatic carbocycles. The Morgan fingerprint density at radius 2 is 1.87 bits per heavy atom. The van der Waals surface area contributed by atoms with E-state index in [1.807, 2.05) is 0 Å². The third-order valence-corrected chi connectivity index (χ3v) is 7.30. The number of allylic oxidation sites excluding steroid dienone is 2. The zero-order valence-corrected chi connectivity index (χ0v) is 18.6.